The molecule has 2 N–H and O–H groups in total. The van der Waals surface area contributed by atoms with Gasteiger partial charge in [0.25, 0.3) is 0 Å². The molecule has 0 radical (unpaired) electrons. The van der Waals surface area contributed by atoms with E-state index in [4.69, 9.17) is 22.1 Å². The molecule has 1 atom stereocenters. The molecule has 0 spiro atoms. The first-order valence-electron chi connectivity index (χ1n) is 4.11. The maximum Gasteiger partial charge on any atom is 0.0733 e. The first-order valence-corrected chi connectivity index (χ1v) is 4.49. The number of aromatic nitrogens is 1. The predicted octanol–water partition coefficient (Wildman–Crippen LogP) is 2.44. The highest BCUT2D eigenvalue weighted by Crippen LogP contribution is 2.09. The highest BCUT2D eigenvalue weighted by atomic mass is 35.5. The van der Waals surface area contributed by atoms with Gasteiger partial charge in [0.2, 0.25) is 0 Å². The molecule has 1 heterocycles. The summed E-state index contributed by atoms with van der Waals surface area (Å²) in [6, 6.07) is 1.89. The van der Waals surface area contributed by atoms with Crippen molar-refractivity contribution in [3.8, 4) is 0 Å². The molecule has 1 rings (SSSR count). The molecule has 0 aliphatic rings. The Morgan fingerprint density at radius 1 is 1.47 bits per heavy atom. The minimum atomic E-state index is 0. The molecule has 0 aliphatic heterocycles. The van der Waals surface area contributed by atoms with Crippen LogP contribution >= 0.6 is 36.4 Å². The second-order valence-electron chi connectivity index (χ2n) is 3.00. The summed E-state index contributed by atoms with van der Waals surface area (Å²) in [5, 5.41) is 0.627. The summed E-state index contributed by atoms with van der Waals surface area (Å²) in [5.74, 6) is 0. The van der Waals surface area contributed by atoms with Crippen LogP contribution in [0.15, 0.2) is 18.5 Å². The molecule has 0 saturated carbocycles. The van der Waals surface area contributed by atoms with Gasteiger partial charge >= 0.3 is 0 Å². The number of hydrogen-bond acceptors (Lipinski definition) is 3. The Labute approximate surface area is 107 Å². The van der Waals surface area contributed by atoms with Crippen LogP contribution < -0.4 is 5.73 Å². The summed E-state index contributed by atoms with van der Waals surface area (Å²) < 4.78 is 5.31. The molecule has 0 amide bonds. The predicted molar refractivity (Wildman–Crippen MR) is 67.0 cm³/mol. The molecule has 6 heteroatoms. The van der Waals surface area contributed by atoms with Crippen molar-refractivity contribution >= 4 is 36.4 Å². The van der Waals surface area contributed by atoms with E-state index >= 15 is 0 Å². The molecule has 1 aromatic rings. The lowest BCUT2D eigenvalue weighted by atomic mass is 10.3. The average molecular weight is 274 g/mol. The largest absolute Gasteiger partial charge is 0.375 e. The maximum atomic E-state index is 5.74. The van der Waals surface area contributed by atoms with Crippen LogP contribution in [0.5, 0.6) is 0 Å². The third kappa shape index (κ3) is 7.82. The van der Waals surface area contributed by atoms with Crippen LogP contribution in [-0.4, -0.2) is 17.6 Å². The van der Waals surface area contributed by atoms with E-state index in [1.807, 2.05) is 13.0 Å². The smallest absolute Gasteiger partial charge is 0.0733 e. The SMILES string of the molecule is C[C@H](N)COCc1cncc(Cl)c1.Cl.Cl. The molecule has 0 saturated heterocycles. The minimum Gasteiger partial charge on any atom is -0.375 e. The van der Waals surface area contributed by atoms with Gasteiger partial charge in [-0.1, -0.05) is 11.6 Å². The summed E-state index contributed by atoms with van der Waals surface area (Å²) >= 11 is 5.74. The maximum absolute atomic E-state index is 5.74. The zero-order valence-corrected chi connectivity index (χ0v) is 10.7. The van der Waals surface area contributed by atoms with E-state index in [1.54, 1.807) is 12.4 Å². The Morgan fingerprint density at radius 3 is 2.67 bits per heavy atom. The molecule has 1 aromatic heterocycles. The van der Waals surface area contributed by atoms with Gasteiger partial charge in [0.1, 0.15) is 0 Å². The molecule has 0 unspecified atom stereocenters. The number of hydrogen-bond donors (Lipinski definition) is 1. The Bertz CT molecular complexity index is 271. The van der Waals surface area contributed by atoms with Crippen molar-refractivity contribution in [2.75, 3.05) is 6.61 Å². The first-order chi connectivity index (χ1) is 6.18. The van der Waals surface area contributed by atoms with Crippen molar-refractivity contribution in [1.29, 1.82) is 0 Å². The summed E-state index contributed by atoms with van der Waals surface area (Å²) in [6.07, 6.45) is 3.32. The summed E-state index contributed by atoms with van der Waals surface area (Å²) in [7, 11) is 0. The van der Waals surface area contributed by atoms with Crippen LogP contribution in [0.4, 0.5) is 0 Å². The van der Waals surface area contributed by atoms with Crippen molar-refractivity contribution < 1.29 is 4.74 Å². The Balaban J connectivity index is 0. The molecule has 0 bridgehead atoms. The van der Waals surface area contributed by atoms with Gasteiger partial charge < -0.3 is 10.5 Å². The van der Waals surface area contributed by atoms with E-state index in [0.29, 0.717) is 18.2 Å². The van der Waals surface area contributed by atoms with Crippen molar-refractivity contribution in [1.82, 2.24) is 4.98 Å². The summed E-state index contributed by atoms with van der Waals surface area (Å²) in [6.45, 7) is 2.96. The first kappa shape index (κ1) is 17.3. The quantitative estimate of drug-likeness (QED) is 0.917. The fraction of sp³-hybridized carbons (Fsp3) is 0.444. The molecular formula is C9H15Cl3N2O. The number of nitrogens with two attached hydrogens (primary N) is 1. The van der Waals surface area contributed by atoms with Crippen LogP contribution in [0.25, 0.3) is 0 Å². The minimum absolute atomic E-state index is 0. The second kappa shape index (κ2) is 9.19. The van der Waals surface area contributed by atoms with Crippen LogP contribution in [0, 0.1) is 0 Å². The molecule has 0 fully saturated rings. The van der Waals surface area contributed by atoms with Gasteiger partial charge in [0.15, 0.2) is 0 Å². The lowest BCUT2D eigenvalue weighted by molar-refractivity contribution is 0.111. The zero-order valence-electron chi connectivity index (χ0n) is 8.35. The van der Waals surface area contributed by atoms with Crippen molar-refractivity contribution in [3.63, 3.8) is 0 Å². The number of rotatable bonds is 4. The number of ether oxygens (including phenoxy) is 1. The molecule has 0 aliphatic carbocycles. The van der Waals surface area contributed by atoms with Crippen LogP contribution in [0.1, 0.15) is 12.5 Å². The van der Waals surface area contributed by atoms with Crippen molar-refractivity contribution in [3.05, 3.63) is 29.0 Å². The monoisotopic (exact) mass is 272 g/mol. The van der Waals surface area contributed by atoms with Crippen molar-refractivity contribution in [2.24, 2.45) is 5.73 Å². The normalized spacial score (nSPS) is 11.1. The van der Waals surface area contributed by atoms with E-state index in [1.165, 1.54) is 0 Å². The van der Waals surface area contributed by atoms with Gasteiger partial charge in [0.05, 0.1) is 18.2 Å². The number of halogens is 3. The van der Waals surface area contributed by atoms with Gasteiger partial charge in [-0.3, -0.25) is 4.98 Å². The Morgan fingerprint density at radius 2 is 2.13 bits per heavy atom. The van der Waals surface area contributed by atoms with Gasteiger partial charge in [-0.25, -0.2) is 0 Å². The molecular weight excluding hydrogens is 258 g/mol. The van der Waals surface area contributed by atoms with Crippen LogP contribution in [0.3, 0.4) is 0 Å². The van der Waals surface area contributed by atoms with E-state index in [9.17, 15) is 0 Å². The van der Waals surface area contributed by atoms with Gasteiger partial charge in [-0.2, -0.15) is 0 Å². The summed E-state index contributed by atoms with van der Waals surface area (Å²) in [4.78, 5) is 3.94. The van der Waals surface area contributed by atoms with Gasteiger partial charge in [0, 0.05) is 18.4 Å². The number of nitrogens with zero attached hydrogens (tertiary/aromatic N) is 1. The average Bonchev–Trinajstić information content (AvgIpc) is 2.03. The van der Waals surface area contributed by atoms with E-state index in [-0.39, 0.29) is 30.9 Å². The summed E-state index contributed by atoms with van der Waals surface area (Å²) in [5.41, 5.74) is 6.49. The fourth-order valence-corrected chi connectivity index (χ4v) is 1.09. The van der Waals surface area contributed by atoms with Crippen LogP contribution in [-0.2, 0) is 11.3 Å². The topological polar surface area (TPSA) is 48.1 Å². The number of pyridine rings is 1. The highest BCUT2D eigenvalue weighted by molar-refractivity contribution is 6.30. The third-order valence-corrected chi connectivity index (χ3v) is 1.62. The lowest BCUT2D eigenvalue weighted by Gasteiger charge is -2.06. The molecule has 88 valence electrons. The second-order valence-corrected chi connectivity index (χ2v) is 3.44. The van der Waals surface area contributed by atoms with Gasteiger partial charge in [-0.05, 0) is 18.6 Å². The van der Waals surface area contributed by atoms with E-state index in [2.05, 4.69) is 4.98 Å². The third-order valence-electron chi connectivity index (χ3n) is 1.41. The molecule has 15 heavy (non-hydrogen) atoms. The lowest BCUT2D eigenvalue weighted by Crippen LogP contribution is -2.21. The Kier molecular flexibility index (Phi) is 10.6. The highest BCUT2D eigenvalue weighted by Gasteiger charge is 1.97. The van der Waals surface area contributed by atoms with E-state index in [0.717, 1.165) is 5.56 Å². The van der Waals surface area contributed by atoms with E-state index < -0.39 is 0 Å². The molecule has 3 nitrogen and oxygen atoms in total. The standard InChI is InChI=1S/C9H13ClN2O.2ClH/c1-7(11)5-13-6-8-2-9(10)4-12-3-8;;/h2-4,7H,5-6,11H2,1H3;2*1H/t7-;;/m0../s1. The molecule has 0 aromatic carbocycles. The van der Waals surface area contributed by atoms with Gasteiger partial charge in [-0.15, -0.1) is 24.8 Å². The zero-order chi connectivity index (χ0) is 9.68. The fourth-order valence-electron chi connectivity index (χ4n) is 0.897. The van der Waals surface area contributed by atoms with Crippen molar-refractivity contribution in [2.45, 2.75) is 19.6 Å². The van der Waals surface area contributed by atoms with Crippen LogP contribution in [0.2, 0.25) is 5.02 Å². The Hall–Kier alpha value is -0.0600.